The minimum absolute atomic E-state index is 0.808. The van der Waals surface area contributed by atoms with Gasteiger partial charge < -0.3 is 5.32 Å². The largest absolute Gasteiger partial charge is 0.314 e. The smallest absolute Gasteiger partial charge is 0.0172 e. The highest BCUT2D eigenvalue weighted by atomic mass is 32.2. The van der Waals surface area contributed by atoms with Crippen LogP contribution in [0, 0.1) is 0 Å². The summed E-state index contributed by atoms with van der Waals surface area (Å²) < 4.78 is 0. The monoisotopic (exact) mass is 270 g/mol. The van der Waals surface area contributed by atoms with Crippen LogP contribution in [-0.2, 0) is 0 Å². The van der Waals surface area contributed by atoms with E-state index in [9.17, 15) is 0 Å². The minimum Gasteiger partial charge on any atom is -0.314 e. The van der Waals surface area contributed by atoms with Gasteiger partial charge in [0.25, 0.3) is 0 Å². The van der Waals surface area contributed by atoms with E-state index >= 15 is 0 Å². The van der Waals surface area contributed by atoms with Crippen molar-refractivity contribution < 1.29 is 0 Å². The topological polar surface area (TPSA) is 15.3 Å². The lowest BCUT2D eigenvalue weighted by Crippen LogP contribution is -2.47. The number of nitrogens with one attached hydrogen (secondary N) is 1. The summed E-state index contributed by atoms with van der Waals surface area (Å²) in [5.41, 5.74) is 0. The number of hydrogen-bond donors (Lipinski definition) is 1. The molecule has 2 fully saturated rings. The Balaban J connectivity index is 1.72. The fourth-order valence-electron chi connectivity index (χ4n) is 3.31. The van der Waals surface area contributed by atoms with E-state index in [4.69, 9.17) is 0 Å². The van der Waals surface area contributed by atoms with Crippen molar-refractivity contribution >= 4 is 11.8 Å². The number of nitrogens with zero attached hydrogens (tertiary/aromatic N) is 1. The van der Waals surface area contributed by atoms with Crippen molar-refractivity contribution in [1.82, 2.24) is 10.2 Å². The standard InChI is InChI=1S/C15H30N2S/c1-3-9-16-13-5-7-14(8-6-13)17-10-11-18-15(4-2)12-17/h13-16H,3-12H2,1-2H3. The van der Waals surface area contributed by atoms with Crippen LogP contribution in [0.15, 0.2) is 0 Å². The molecule has 3 heteroatoms. The fraction of sp³-hybridized carbons (Fsp3) is 1.00. The van der Waals surface area contributed by atoms with Gasteiger partial charge in [0.1, 0.15) is 0 Å². The third kappa shape index (κ3) is 4.14. The van der Waals surface area contributed by atoms with Crippen molar-refractivity contribution in [3.05, 3.63) is 0 Å². The highest BCUT2D eigenvalue weighted by molar-refractivity contribution is 8.00. The molecule has 1 saturated carbocycles. The summed E-state index contributed by atoms with van der Waals surface area (Å²) in [5, 5.41) is 4.59. The molecule has 0 radical (unpaired) electrons. The highest BCUT2D eigenvalue weighted by Gasteiger charge is 2.28. The van der Waals surface area contributed by atoms with Crippen LogP contribution in [0.25, 0.3) is 0 Å². The van der Waals surface area contributed by atoms with E-state index in [-0.39, 0.29) is 0 Å². The summed E-state index contributed by atoms with van der Waals surface area (Å²) >= 11 is 2.19. The van der Waals surface area contributed by atoms with Gasteiger partial charge in [-0.1, -0.05) is 13.8 Å². The Morgan fingerprint density at radius 3 is 2.61 bits per heavy atom. The predicted molar refractivity (Wildman–Crippen MR) is 82.4 cm³/mol. The predicted octanol–water partition coefficient (Wildman–Crippen LogP) is 3.12. The molecular formula is C15H30N2S. The SMILES string of the molecule is CCCNC1CCC(N2CCSC(CC)C2)CC1. The molecule has 0 bridgehead atoms. The van der Waals surface area contributed by atoms with Gasteiger partial charge in [-0.3, -0.25) is 4.90 Å². The molecule has 106 valence electrons. The Morgan fingerprint density at radius 1 is 1.17 bits per heavy atom. The van der Waals surface area contributed by atoms with E-state index in [0.717, 1.165) is 17.3 Å². The van der Waals surface area contributed by atoms with E-state index in [1.165, 1.54) is 63.9 Å². The van der Waals surface area contributed by atoms with Gasteiger partial charge in [-0.2, -0.15) is 11.8 Å². The number of hydrogen-bond acceptors (Lipinski definition) is 3. The van der Waals surface area contributed by atoms with Crippen LogP contribution in [0.2, 0.25) is 0 Å². The molecule has 2 nitrogen and oxygen atoms in total. The van der Waals surface area contributed by atoms with Crippen LogP contribution >= 0.6 is 11.8 Å². The quantitative estimate of drug-likeness (QED) is 0.826. The summed E-state index contributed by atoms with van der Waals surface area (Å²) in [6.45, 7) is 8.48. The van der Waals surface area contributed by atoms with Crippen molar-refractivity contribution in [3.8, 4) is 0 Å². The minimum atomic E-state index is 0.808. The van der Waals surface area contributed by atoms with Gasteiger partial charge in [0.2, 0.25) is 0 Å². The molecule has 0 amide bonds. The average molecular weight is 270 g/mol. The first-order valence-electron chi connectivity index (χ1n) is 7.92. The van der Waals surface area contributed by atoms with Gasteiger partial charge in [0, 0.05) is 36.2 Å². The molecule has 18 heavy (non-hydrogen) atoms. The van der Waals surface area contributed by atoms with Gasteiger partial charge >= 0.3 is 0 Å². The Kier molecular flexibility index (Phi) is 6.33. The van der Waals surface area contributed by atoms with E-state index in [1.54, 1.807) is 0 Å². The van der Waals surface area contributed by atoms with Crippen molar-refractivity contribution in [2.45, 2.75) is 69.7 Å². The molecule has 1 N–H and O–H groups in total. The average Bonchev–Trinajstić information content (AvgIpc) is 2.46. The second-order valence-electron chi connectivity index (χ2n) is 5.86. The molecule has 1 saturated heterocycles. The Hall–Kier alpha value is 0.270. The lowest BCUT2D eigenvalue weighted by molar-refractivity contribution is 0.147. The van der Waals surface area contributed by atoms with Crippen molar-refractivity contribution in [2.24, 2.45) is 0 Å². The Bertz CT molecular complexity index is 227. The zero-order chi connectivity index (χ0) is 12.8. The van der Waals surface area contributed by atoms with Crippen LogP contribution in [0.3, 0.4) is 0 Å². The second-order valence-corrected chi connectivity index (χ2v) is 7.26. The Labute approximate surface area is 117 Å². The van der Waals surface area contributed by atoms with Gasteiger partial charge in [-0.15, -0.1) is 0 Å². The summed E-state index contributed by atoms with van der Waals surface area (Å²) in [5.74, 6) is 1.35. The van der Waals surface area contributed by atoms with Gasteiger partial charge in [0.15, 0.2) is 0 Å². The molecule has 0 spiro atoms. The number of rotatable bonds is 5. The third-order valence-corrected chi connectivity index (χ3v) is 5.89. The fourth-order valence-corrected chi connectivity index (χ4v) is 4.52. The first kappa shape index (κ1) is 14.7. The maximum absolute atomic E-state index is 3.69. The zero-order valence-electron chi connectivity index (χ0n) is 12.2. The van der Waals surface area contributed by atoms with E-state index in [0.29, 0.717) is 0 Å². The molecule has 1 aliphatic carbocycles. The summed E-state index contributed by atoms with van der Waals surface area (Å²) in [4.78, 5) is 2.79. The number of thioether (sulfide) groups is 1. The van der Waals surface area contributed by atoms with E-state index in [2.05, 4.69) is 35.8 Å². The second kappa shape index (κ2) is 7.76. The molecule has 0 aromatic heterocycles. The van der Waals surface area contributed by atoms with E-state index in [1.807, 2.05) is 0 Å². The van der Waals surface area contributed by atoms with Gasteiger partial charge in [-0.25, -0.2) is 0 Å². The maximum Gasteiger partial charge on any atom is 0.0172 e. The van der Waals surface area contributed by atoms with Crippen LogP contribution in [0.5, 0.6) is 0 Å². The lowest BCUT2D eigenvalue weighted by Gasteiger charge is -2.41. The van der Waals surface area contributed by atoms with Gasteiger partial charge in [-0.05, 0) is 45.1 Å². The molecule has 1 heterocycles. The van der Waals surface area contributed by atoms with Crippen LogP contribution in [0.4, 0.5) is 0 Å². The molecule has 1 atom stereocenters. The highest BCUT2D eigenvalue weighted by Crippen LogP contribution is 2.28. The molecule has 2 aliphatic rings. The van der Waals surface area contributed by atoms with E-state index < -0.39 is 0 Å². The molecule has 2 rings (SSSR count). The molecule has 0 aromatic carbocycles. The summed E-state index contributed by atoms with van der Waals surface area (Å²) in [6, 6.07) is 1.70. The van der Waals surface area contributed by atoms with Crippen LogP contribution < -0.4 is 5.32 Å². The molecule has 1 aliphatic heterocycles. The first-order valence-corrected chi connectivity index (χ1v) is 8.97. The maximum atomic E-state index is 3.69. The summed E-state index contributed by atoms with van der Waals surface area (Å²) in [7, 11) is 0. The normalized spacial score (nSPS) is 34.7. The lowest BCUT2D eigenvalue weighted by atomic mass is 9.90. The zero-order valence-corrected chi connectivity index (χ0v) is 13.0. The Morgan fingerprint density at radius 2 is 1.94 bits per heavy atom. The molecular weight excluding hydrogens is 240 g/mol. The third-order valence-electron chi connectivity index (χ3n) is 4.52. The van der Waals surface area contributed by atoms with Gasteiger partial charge in [0.05, 0.1) is 0 Å². The summed E-state index contributed by atoms with van der Waals surface area (Å²) in [6.07, 6.45) is 8.23. The van der Waals surface area contributed by atoms with Crippen LogP contribution in [0.1, 0.15) is 52.4 Å². The van der Waals surface area contributed by atoms with Crippen molar-refractivity contribution in [1.29, 1.82) is 0 Å². The molecule has 0 aromatic rings. The van der Waals surface area contributed by atoms with Crippen molar-refractivity contribution in [2.75, 3.05) is 25.4 Å². The molecule has 1 unspecified atom stereocenters. The van der Waals surface area contributed by atoms with Crippen molar-refractivity contribution in [3.63, 3.8) is 0 Å². The first-order chi connectivity index (χ1) is 8.83. The van der Waals surface area contributed by atoms with Crippen LogP contribution in [-0.4, -0.2) is 47.6 Å².